The smallest absolute Gasteiger partial charge is 0.385 e. The largest absolute Gasteiger partial charge is 0.418 e. The molecule has 0 aromatic heterocycles. The van der Waals surface area contributed by atoms with E-state index in [2.05, 4.69) is 26.0 Å². The molecule has 0 amide bonds. The first-order chi connectivity index (χ1) is 9.09. The van der Waals surface area contributed by atoms with E-state index in [1.54, 1.807) is 0 Å². The standard InChI is InChI=1S/C11H14BrF3N2O2S/c1-20(18,19)17-6-2-5-16-10-4-3-8(12)7-9(10)11(13,14)15/h3-4,7,16-17H,2,5-6H2,1H3. The molecule has 0 spiro atoms. The van der Waals surface area contributed by atoms with Crippen LogP contribution in [-0.4, -0.2) is 27.8 Å². The molecule has 20 heavy (non-hydrogen) atoms. The predicted octanol–water partition coefficient (Wildman–Crippen LogP) is 2.82. The minimum absolute atomic E-state index is 0.0277. The van der Waals surface area contributed by atoms with Crippen LogP contribution in [0.4, 0.5) is 18.9 Å². The van der Waals surface area contributed by atoms with Gasteiger partial charge in [0.2, 0.25) is 10.0 Å². The third-order valence-corrected chi connectivity index (χ3v) is 3.54. The van der Waals surface area contributed by atoms with Gasteiger partial charge in [0, 0.05) is 23.2 Å². The van der Waals surface area contributed by atoms with E-state index in [9.17, 15) is 21.6 Å². The molecule has 0 fully saturated rings. The molecule has 114 valence electrons. The van der Waals surface area contributed by atoms with Crippen molar-refractivity contribution in [3.63, 3.8) is 0 Å². The minimum atomic E-state index is -4.45. The Morgan fingerprint density at radius 2 is 1.90 bits per heavy atom. The molecule has 0 atom stereocenters. The van der Waals surface area contributed by atoms with Crippen LogP contribution in [0.2, 0.25) is 0 Å². The van der Waals surface area contributed by atoms with Gasteiger partial charge in [-0.25, -0.2) is 13.1 Å². The van der Waals surface area contributed by atoms with Gasteiger partial charge in [0.05, 0.1) is 11.8 Å². The van der Waals surface area contributed by atoms with Gasteiger partial charge in [0.1, 0.15) is 0 Å². The SMILES string of the molecule is CS(=O)(=O)NCCCNc1ccc(Br)cc1C(F)(F)F. The summed E-state index contributed by atoms with van der Waals surface area (Å²) in [7, 11) is -3.27. The van der Waals surface area contributed by atoms with E-state index in [0.717, 1.165) is 12.3 Å². The highest BCUT2D eigenvalue weighted by atomic mass is 79.9. The Labute approximate surface area is 123 Å². The zero-order valence-electron chi connectivity index (χ0n) is 10.6. The maximum atomic E-state index is 12.8. The van der Waals surface area contributed by atoms with E-state index in [-0.39, 0.29) is 18.8 Å². The molecule has 0 unspecified atom stereocenters. The quantitative estimate of drug-likeness (QED) is 0.752. The minimum Gasteiger partial charge on any atom is -0.385 e. The van der Waals surface area contributed by atoms with Crippen LogP contribution in [0.15, 0.2) is 22.7 Å². The lowest BCUT2D eigenvalue weighted by Gasteiger charge is -2.15. The Balaban J connectivity index is 2.60. The van der Waals surface area contributed by atoms with Gasteiger partial charge in [-0.3, -0.25) is 0 Å². The fourth-order valence-electron chi connectivity index (χ4n) is 1.47. The number of sulfonamides is 1. The highest BCUT2D eigenvalue weighted by Gasteiger charge is 2.33. The van der Waals surface area contributed by atoms with Gasteiger partial charge in [-0.15, -0.1) is 0 Å². The number of anilines is 1. The van der Waals surface area contributed by atoms with E-state index < -0.39 is 21.8 Å². The normalized spacial score (nSPS) is 12.4. The van der Waals surface area contributed by atoms with E-state index in [1.807, 2.05) is 0 Å². The summed E-state index contributed by atoms with van der Waals surface area (Å²) < 4.78 is 62.6. The maximum Gasteiger partial charge on any atom is 0.418 e. The second kappa shape index (κ2) is 6.77. The molecule has 0 aliphatic carbocycles. The summed E-state index contributed by atoms with van der Waals surface area (Å²) in [5, 5.41) is 2.66. The Hall–Kier alpha value is -0.800. The second-order valence-electron chi connectivity index (χ2n) is 4.13. The summed E-state index contributed by atoms with van der Waals surface area (Å²) >= 11 is 3.00. The van der Waals surface area contributed by atoms with Crippen molar-refractivity contribution in [3.05, 3.63) is 28.2 Å². The van der Waals surface area contributed by atoms with Crippen molar-refractivity contribution in [3.8, 4) is 0 Å². The molecule has 0 saturated carbocycles. The molecular formula is C11H14BrF3N2O2S. The molecule has 0 heterocycles. The second-order valence-corrected chi connectivity index (χ2v) is 6.88. The molecular weight excluding hydrogens is 361 g/mol. The number of halogens is 4. The molecule has 0 radical (unpaired) electrons. The number of alkyl halides is 3. The Kier molecular flexibility index (Phi) is 5.84. The zero-order chi connectivity index (χ0) is 15.4. The van der Waals surface area contributed by atoms with Crippen molar-refractivity contribution in [2.24, 2.45) is 0 Å². The van der Waals surface area contributed by atoms with Crippen LogP contribution in [0.5, 0.6) is 0 Å². The average Bonchev–Trinajstić information content (AvgIpc) is 2.27. The van der Waals surface area contributed by atoms with Crippen LogP contribution in [0.25, 0.3) is 0 Å². The fourth-order valence-corrected chi connectivity index (χ4v) is 2.35. The highest BCUT2D eigenvalue weighted by molar-refractivity contribution is 9.10. The number of rotatable bonds is 6. The zero-order valence-corrected chi connectivity index (χ0v) is 13.0. The number of benzene rings is 1. The van der Waals surface area contributed by atoms with Gasteiger partial charge < -0.3 is 5.32 Å². The first kappa shape index (κ1) is 17.3. The predicted molar refractivity (Wildman–Crippen MR) is 75.1 cm³/mol. The summed E-state index contributed by atoms with van der Waals surface area (Å²) in [5.74, 6) is 0. The average molecular weight is 375 g/mol. The van der Waals surface area contributed by atoms with Gasteiger partial charge in [-0.2, -0.15) is 13.2 Å². The molecule has 0 bridgehead atoms. The van der Waals surface area contributed by atoms with Crippen LogP contribution < -0.4 is 10.0 Å². The first-order valence-corrected chi connectivity index (χ1v) is 8.33. The number of hydrogen-bond donors (Lipinski definition) is 2. The summed E-state index contributed by atoms with van der Waals surface area (Å²) in [6.07, 6.45) is -3.05. The van der Waals surface area contributed by atoms with Crippen molar-refractivity contribution in [1.82, 2.24) is 4.72 Å². The Morgan fingerprint density at radius 1 is 1.25 bits per heavy atom. The van der Waals surface area contributed by atoms with Crippen molar-refractivity contribution in [2.75, 3.05) is 24.7 Å². The van der Waals surface area contributed by atoms with Gasteiger partial charge >= 0.3 is 6.18 Å². The Bertz CT molecular complexity index is 561. The van der Waals surface area contributed by atoms with Crippen molar-refractivity contribution >= 4 is 31.6 Å². The van der Waals surface area contributed by atoms with Gasteiger partial charge in [-0.05, 0) is 24.6 Å². The lowest BCUT2D eigenvalue weighted by molar-refractivity contribution is -0.137. The number of nitrogens with one attached hydrogen (secondary N) is 2. The molecule has 0 aliphatic heterocycles. The summed E-state index contributed by atoms with van der Waals surface area (Å²) in [6, 6.07) is 3.83. The highest BCUT2D eigenvalue weighted by Crippen LogP contribution is 2.36. The summed E-state index contributed by atoms with van der Waals surface area (Å²) in [4.78, 5) is 0. The third-order valence-electron chi connectivity index (χ3n) is 2.32. The summed E-state index contributed by atoms with van der Waals surface area (Å²) in [6.45, 7) is 0.400. The van der Waals surface area contributed by atoms with Crippen LogP contribution in [0.1, 0.15) is 12.0 Å². The number of hydrogen-bond acceptors (Lipinski definition) is 3. The van der Waals surface area contributed by atoms with Crippen LogP contribution in [-0.2, 0) is 16.2 Å². The molecule has 2 N–H and O–H groups in total. The lowest BCUT2D eigenvalue weighted by atomic mass is 10.1. The monoisotopic (exact) mass is 374 g/mol. The Morgan fingerprint density at radius 3 is 2.45 bits per heavy atom. The molecule has 4 nitrogen and oxygen atoms in total. The maximum absolute atomic E-state index is 12.8. The fraction of sp³-hybridized carbons (Fsp3) is 0.455. The first-order valence-electron chi connectivity index (χ1n) is 5.65. The van der Waals surface area contributed by atoms with E-state index in [0.29, 0.717) is 10.9 Å². The molecule has 0 aliphatic rings. The van der Waals surface area contributed by atoms with Gasteiger partial charge in [0.15, 0.2) is 0 Å². The van der Waals surface area contributed by atoms with E-state index in [1.165, 1.54) is 12.1 Å². The van der Waals surface area contributed by atoms with E-state index >= 15 is 0 Å². The molecule has 0 saturated heterocycles. The van der Waals surface area contributed by atoms with Crippen molar-refractivity contribution in [2.45, 2.75) is 12.6 Å². The van der Waals surface area contributed by atoms with Gasteiger partial charge in [-0.1, -0.05) is 15.9 Å². The third kappa shape index (κ3) is 6.10. The van der Waals surface area contributed by atoms with Crippen molar-refractivity contribution < 1.29 is 21.6 Å². The lowest BCUT2D eigenvalue weighted by Crippen LogP contribution is -2.24. The van der Waals surface area contributed by atoms with Crippen molar-refractivity contribution in [1.29, 1.82) is 0 Å². The summed E-state index contributed by atoms with van der Waals surface area (Å²) in [5.41, 5.74) is -0.789. The van der Waals surface area contributed by atoms with Crippen LogP contribution >= 0.6 is 15.9 Å². The van der Waals surface area contributed by atoms with E-state index in [4.69, 9.17) is 0 Å². The molecule has 9 heteroatoms. The molecule has 1 aromatic rings. The van der Waals surface area contributed by atoms with Crippen LogP contribution in [0, 0.1) is 0 Å². The van der Waals surface area contributed by atoms with Crippen LogP contribution in [0.3, 0.4) is 0 Å². The molecule has 1 aromatic carbocycles. The molecule has 1 rings (SSSR count). The topological polar surface area (TPSA) is 58.2 Å². The van der Waals surface area contributed by atoms with Gasteiger partial charge in [0.25, 0.3) is 0 Å².